The minimum absolute atomic E-state index is 0.0885. The van der Waals surface area contributed by atoms with E-state index in [1.54, 1.807) is 6.26 Å². The summed E-state index contributed by atoms with van der Waals surface area (Å²) in [6, 6.07) is 11.6. The number of hydrogen-bond acceptors (Lipinski definition) is 3. The third-order valence-electron chi connectivity index (χ3n) is 2.54. The van der Waals surface area contributed by atoms with E-state index in [0.29, 0.717) is 12.3 Å². The molecule has 0 N–H and O–H groups in total. The summed E-state index contributed by atoms with van der Waals surface area (Å²) in [5, 5.41) is 0. The molecule has 2 heterocycles. The van der Waals surface area contributed by atoms with Crippen molar-refractivity contribution < 1.29 is 8.83 Å². The van der Waals surface area contributed by atoms with Gasteiger partial charge in [0.2, 0.25) is 0 Å². The molecule has 0 radical (unpaired) electrons. The number of alkyl halides is 1. The van der Waals surface area contributed by atoms with Gasteiger partial charge < -0.3 is 8.83 Å². The summed E-state index contributed by atoms with van der Waals surface area (Å²) in [6.07, 6.45) is 2.33. The Kier molecular flexibility index (Phi) is 2.73. The topological polar surface area (TPSA) is 39.2 Å². The number of aromatic nitrogens is 1. The molecular weight excluding hydrogens is 282 g/mol. The van der Waals surface area contributed by atoms with Crippen molar-refractivity contribution in [2.75, 3.05) is 0 Å². The summed E-state index contributed by atoms with van der Waals surface area (Å²) in [6.45, 7) is 0. The van der Waals surface area contributed by atoms with E-state index in [4.69, 9.17) is 8.83 Å². The smallest absolute Gasteiger partial charge is 0.197 e. The lowest BCUT2D eigenvalue weighted by atomic mass is 10.2. The molecule has 0 saturated carbocycles. The Bertz CT molecular complexity index is 582. The summed E-state index contributed by atoms with van der Waals surface area (Å²) in [7, 11) is 0. The summed E-state index contributed by atoms with van der Waals surface area (Å²) >= 11 is 3.57. The van der Waals surface area contributed by atoms with Crippen LogP contribution in [0.5, 0.6) is 0 Å². The minimum Gasteiger partial charge on any atom is -0.468 e. The van der Waals surface area contributed by atoms with Crippen LogP contribution < -0.4 is 0 Å². The third-order valence-corrected chi connectivity index (χ3v) is 3.32. The fourth-order valence-electron chi connectivity index (χ4n) is 1.73. The molecule has 3 nitrogen and oxygen atoms in total. The monoisotopic (exact) mass is 291 g/mol. The average molecular weight is 292 g/mol. The minimum atomic E-state index is 0.0885. The standard InChI is InChI=1S/C13H10BrNO2/c14-9(11-6-3-7-16-11)8-13-15-10-4-1-2-5-12(10)17-13/h1-7,9H,8H2. The molecular formula is C13H10BrNO2. The van der Waals surface area contributed by atoms with Crippen molar-refractivity contribution in [1.82, 2.24) is 4.98 Å². The van der Waals surface area contributed by atoms with Gasteiger partial charge in [-0.3, -0.25) is 0 Å². The molecule has 3 rings (SSSR count). The lowest BCUT2D eigenvalue weighted by Crippen LogP contribution is -1.93. The van der Waals surface area contributed by atoms with Crippen molar-refractivity contribution in [1.29, 1.82) is 0 Å². The van der Waals surface area contributed by atoms with Crippen molar-refractivity contribution in [3.63, 3.8) is 0 Å². The summed E-state index contributed by atoms with van der Waals surface area (Å²) in [4.78, 5) is 4.51. The van der Waals surface area contributed by atoms with Gasteiger partial charge in [0.05, 0.1) is 11.1 Å². The van der Waals surface area contributed by atoms with Crippen molar-refractivity contribution in [2.45, 2.75) is 11.2 Å². The van der Waals surface area contributed by atoms with Gasteiger partial charge in [-0.1, -0.05) is 28.1 Å². The highest BCUT2D eigenvalue weighted by atomic mass is 79.9. The maximum Gasteiger partial charge on any atom is 0.197 e. The lowest BCUT2D eigenvalue weighted by molar-refractivity contribution is 0.478. The number of furan rings is 1. The zero-order valence-electron chi connectivity index (χ0n) is 8.97. The van der Waals surface area contributed by atoms with Crippen LogP contribution in [0.25, 0.3) is 11.1 Å². The van der Waals surface area contributed by atoms with E-state index in [9.17, 15) is 0 Å². The van der Waals surface area contributed by atoms with Crippen LogP contribution in [0.3, 0.4) is 0 Å². The van der Waals surface area contributed by atoms with Crippen molar-refractivity contribution in [2.24, 2.45) is 0 Å². The Morgan fingerprint density at radius 1 is 1.18 bits per heavy atom. The van der Waals surface area contributed by atoms with Crippen molar-refractivity contribution >= 4 is 27.0 Å². The van der Waals surface area contributed by atoms with E-state index in [0.717, 1.165) is 16.9 Å². The Hall–Kier alpha value is -1.55. The molecule has 0 aliphatic carbocycles. The molecule has 0 saturated heterocycles. The van der Waals surface area contributed by atoms with Crippen LogP contribution in [0.15, 0.2) is 51.5 Å². The summed E-state index contributed by atoms with van der Waals surface area (Å²) < 4.78 is 11.0. The summed E-state index contributed by atoms with van der Waals surface area (Å²) in [5.74, 6) is 1.59. The number of rotatable bonds is 3. The number of benzene rings is 1. The third kappa shape index (κ3) is 2.13. The van der Waals surface area contributed by atoms with Gasteiger partial charge in [0.25, 0.3) is 0 Å². The highest BCUT2D eigenvalue weighted by Gasteiger charge is 2.15. The number of halogens is 1. The first-order valence-corrected chi connectivity index (χ1v) is 6.26. The van der Waals surface area contributed by atoms with Gasteiger partial charge in [-0.05, 0) is 24.3 Å². The molecule has 0 fully saturated rings. The molecule has 1 unspecified atom stereocenters. The first kappa shape index (κ1) is 10.6. The van der Waals surface area contributed by atoms with E-state index in [2.05, 4.69) is 20.9 Å². The van der Waals surface area contributed by atoms with Crippen LogP contribution >= 0.6 is 15.9 Å². The molecule has 86 valence electrons. The zero-order chi connectivity index (χ0) is 11.7. The largest absolute Gasteiger partial charge is 0.468 e. The van der Waals surface area contributed by atoms with E-state index < -0.39 is 0 Å². The highest BCUT2D eigenvalue weighted by molar-refractivity contribution is 9.09. The fraction of sp³-hybridized carbons (Fsp3) is 0.154. The van der Waals surface area contributed by atoms with E-state index in [1.807, 2.05) is 36.4 Å². The Morgan fingerprint density at radius 2 is 2.06 bits per heavy atom. The molecule has 2 aromatic heterocycles. The second-order valence-electron chi connectivity index (χ2n) is 3.76. The normalized spacial score (nSPS) is 13.0. The van der Waals surface area contributed by atoms with Crippen LogP contribution in [0, 0.1) is 0 Å². The molecule has 1 aromatic carbocycles. The lowest BCUT2D eigenvalue weighted by Gasteiger charge is -2.02. The molecule has 3 aromatic rings. The van der Waals surface area contributed by atoms with Gasteiger partial charge in [-0.15, -0.1) is 0 Å². The predicted molar refractivity (Wildman–Crippen MR) is 68.1 cm³/mol. The number of hydrogen-bond donors (Lipinski definition) is 0. The van der Waals surface area contributed by atoms with Crippen LogP contribution in [0.1, 0.15) is 16.5 Å². The highest BCUT2D eigenvalue weighted by Crippen LogP contribution is 2.28. The summed E-state index contributed by atoms with van der Waals surface area (Å²) in [5.41, 5.74) is 1.71. The van der Waals surface area contributed by atoms with Gasteiger partial charge in [0.1, 0.15) is 11.3 Å². The Balaban J connectivity index is 1.85. The van der Waals surface area contributed by atoms with Gasteiger partial charge in [0.15, 0.2) is 11.5 Å². The molecule has 17 heavy (non-hydrogen) atoms. The van der Waals surface area contributed by atoms with Gasteiger partial charge >= 0.3 is 0 Å². The van der Waals surface area contributed by atoms with E-state index in [-0.39, 0.29) is 4.83 Å². The molecule has 0 aliphatic heterocycles. The number of oxazole rings is 1. The maximum absolute atomic E-state index is 5.65. The van der Waals surface area contributed by atoms with Crippen LogP contribution in [-0.2, 0) is 6.42 Å². The quantitative estimate of drug-likeness (QED) is 0.682. The SMILES string of the molecule is BrC(Cc1nc2ccccc2o1)c1ccco1. The van der Waals surface area contributed by atoms with Crippen molar-refractivity contribution in [3.05, 3.63) is 54.3 Å². The average Bonchev–Trinajstić information content (AvgIpc) is 2.97. The molecule has 0 bridgehead atoms. The van der Waals surface area contributed by atoms with E-state index >= 15 is 0 Å². The zero-order valence-corrected chi connectivity index (χ0v) is 10.6. The Labute approximate surface area is 107 Å². The number of nitrogens with zero attached hydrogens (tertiary/aromatic N) is 1. The second-order valence-corrected chi connectivity index (χ2v) is 4.87. The van der Waals surface area contributed by atoms with Crippen LogP contribution in [-0.4, -0.2) is 4.98 Å². The number of fused-ring (bicyclic) bond motifs is 1. The van der Waals surface area contributed by atoms with Crippen LogP contribution in [0.2, 0.25) is 0 Å². The molecule has 0 spiro atoms. The first-order chi connectivity index (χ1) is 8.33. The maximum atomic E-state index is 5.65. The van der Waals surface area contributed by atoms with Gasteiger partial charge in [-0.2, -0.15) is 0 Å². The molecule has 4 heteroatoms. The molecule has 0 amide bonds. The van der Waals surface area contributed by atoms with Gasteiger partial charge in [0, 0.05) is 6.42 Å². The number of para-hydroxylation sites is 2. The van der Waals surface area contributed by atoms with Gasteiger partial charge in [-0.25, -0.2) is 4.98 Å². The second kappa shape index (κ2) is 4.37. The van der Waals surface area contributed by atoms with E-state index in [1.165, 1.54) is 0 Å². The Morgan fingerprint density at radius 3 is 2.82 bits per heavy atom. The van der Waals surface area contributed by atoms with Crippen molar-refractivity contribution in [3.8, 4) is 0 Å². The molecule has 0 aliphatic rings. The fourth-order valence-corrected chi connectivity index (χ4v) is 2.27. The van der Waals surface area contributed by atoms with Crippen LogP contribution in [0.4, 0.5) is 0 Å². The molecule has 1 atom stereocenters. The predicted octanol–water partition coefficient (Wildman–Crippen LogP) is 4.10. The first-order valence-electron chi connectivity index (χ1n) is 5.35.